The highest BCUT2D eigenvalue weighted by atomic mass is 16.4. The number of carboxylic acids is 2. The number of aryl methyl sites for hydroxylation is 3. The van der Waals surface area contributed by atoms with E-state index in [0.29, 0.717) is 25.0 Å². The maximum Gasteiger partial charge on any atom is 0.303 e. The van der Waals surface area contributed by atoms with Crippen molar-refractivity contribution in [3.8, 4) is 0 Å². The third-order valence-electron chi connectivity index (χ3n) is 7.88. The summed E-state index contributed by atoms with van der Waals surface area (Å²) < 4.78 is 0. The molecule has 3 aromatic heterocycles. The number of aromatic amines is 2. The number of carbonyl (C=O) groups is 2. The Hall–Kier alpha value is -4.50. The third-order valence-corrected chi connectivity index (χ3v) is 7.88. The first-order valence-corrected chi connectivity index (χ1v) is 13.7. The normalized spacial score (nSPS) is 13.0. The second kappa shape index (κ2) is 11.2. The fourth-order valence-electron chi connectivity index (χ4n) is 5.66. The Morgan fingerprint density at radius 3 is 2.12 bits per heavy atom. The van der Waals surface area contributed by atoms with Gasteiger partial charge in [-0.05, 0) is 111 Å². The van der Waals surface area contributed by atoms with E-state index in [1.807, 2.05) is 52.0 Å². The molecule has 5 rings (SSSR count). The summed E-state index contributed by atoms with van der Waals surface area (Å²) in [6, 6.07) is 7.89. The minimum atomic E-state index is -0.885. The predicted octanol–water partition coefficient (Wildman–Crippen LogP) is 5.84. The van der Waals surface area contributed by atoms with Gasteiger partial charge in [-0.15, -0.1) is 0 Å². The first-order chi connectivity index (χ1) is 19.5. The van der Waals surface area contributed by atoms with Crippen molar-refractivity contribution in [2.24, 2.45) is 0 Å². The summed E-state index contributed by atoms with van der Waals surface area (Å²) in [5.74, 6) is -1.77. The number of hydrogen-bond donors (Lipinski definition) is 5. The van der Waals surface area contributed by atoms with Gasteiger partial charge in [0.2, 0.25) is 0 Å². The van der Waals surface area contributed by atoms with E-state index < -0.39 is 11.9 Å². The molecule has 0 aliphatic carbocycles. The van der Waals surface area contributed by atoms with E-state index in [9.17, 15) is 24.9 Å². The molecule has 9 heteroatoms. The summed E-state index contributed by atoms with van der Waals surface area (Å²) >= 11 is 0. The van der Waals surface area contributed by atoms with Crippen LogP contribution in [0.3, 0.4) is 0 Å². The number of H-pyrrole nitrogens is 2. The molecule has 41 heavy (non-hydrogen) atoms. The number of aliphatic hydroxyl groups excluding tert-OH is 1. The SMILES string of the molecule is CC1=Cc2cc3[nH]c(cc4nc(cc5[nH]c(cc5C)c(CCO)c1n2)C(C)=C4CCC(=O)O)c(CCC(=O)O)c3C. The summed E-state index contributed by atoms with van der Waals surface area (Å²) in [5, 5.41) is 28.8. The molecular formula is C32H34N4O5. The van der Waals surface area contributed by atoms with Crippen LogP contribution < -0.4 is 0 Å². The largest absolute Gasteiger partial charge is 0.481 e. The molecule has 0 saturated heterocycles. The highest BCUT2D eigenvalue weighted by Gasteiger charge is 2.20. The molecule has 0 unspecified atom stereocenters. The van der Waals surface area contributed by atoms with Gasteiger partial charge in [-0.1, -0.05) is 0 Å². The van der Waals surface area contributed by atoms with Crippen LogP contribution in [-0.4, -0.2) is 53.8 Å². The molecule has 0 aromatic carbocycles. The third kappa shape index (κ3) is 5.58. The first-order valence-electron chi connectivity index (χ1n) is 13.7. The predicted molar refractivity (Wildman–Crippen MR) is 160 cm³/mol. The van der Waals surface area contributed by atoms with E-state index in [2.05, 4.69) is 16.0 Å². The van der Waals surface area contributed by atoms with Crippen molar-refractivity contribution >= 4 is 56.8 Å². The zero-order valence-electron chi connectivity index (χ0n) is 23.7. The van der Waals surface area contributed by atoms with Gasteiger partial charge in [0.25, 0.3) is 0 Å². The molecule has 0 saturated carbocycles. The maximum atomic E-state index is 11.5. The van der Waals surface area contributed by atoms with E-state index >= 15 is 0 Å². The number of nitrogens with one attached hydrogen (secondary N) is 2. The van der Waals surface area contributed by atoms with Crippen molar-refractivity contribution in [1.82, 2.24) is 19.9 Å². The lowest BCUT2D eigenvalue weighted by Crippen LogP contribution is -1.98. The second-order valence-electron chi connectivity index (χ2n) is 10.7. The Balaban J connectivity index is 1.91. The van der Waals surface area contributed by atoms with Gasteiger partial charge in [-0.2, -0.15) is 0 Å². The number of carboxylic acid groups (broad SMARTS) is 2. The average molecular weight is 555 g/mol. The quantitative estimate of drug-likeness (QED) is 0.234. The molecule has 0 fully saturated rings. The fourth-order valence-corrected chi connectivity index (χ4v) is 5.66. The van der Waals surface area contributed by atoms with E-state index in [4.69, 9.17) is 9.97 Å². The zero-order chi connectivity index (χ0) is 29.4. The van der Waals surface area contributed by atoms with Crippen molar-refractivity contribution in [3.63, 3.8) is 0 Å². The van der Waals surface area contributed by atoms with Gasteiger partial charge in [-0.25, -0.2) is 9.97 Å². The Morgan fingerprint density at radius 1 is 0.756 bits per heavy atom. The van der Waals surface area contributed by atoms with E-state index in [-0.39, 0.29) is 19.4 Å². The van der Waals surface area contributed by atoms with Gasteiger partial charge in [0, 0.05) is 47.1 Å². The number of allylic oxidation sites excluding steroid dienone is 3. The lowest BCUT2D eigenvalue weighted by atomic mass is 10.0. The number of fused-ring (bicyclic) bond motifs is 8. The minimum absolute atomic E-state index is 0.0249. The molecule has 0 spiro atoms. The van der Waals surface area contributed by atoms with Crippen molar-refractivity contribution in [2.45, 2.75) is 59.8 Å². The maximum absolute atomic E-state index is 11.5. The molecular weight excluding hydrogens is 520 g/mol. The molecule has 0 amide bonds. The summed E-state index contributed by atoms with van der Waals surface area (Å²) in [6.45, 7) is 7.90. The highest BCUT2D eigenvalue weighted by Crippen LogP contribution is 2.35. The van der Waals surface area contributed by atoms with Crippen LogP contribution in [0.1, 0.15) is 78.1 Å². The Bertz CT molecular complexity index is 1810. The molecule has 5 heterocycles. The Morgan fingerprint density at radius 2 is 1.41 bits per heavy atom. The van der Waals surface area contributed by atoms with Gasteiger partial charge >= 0.3 is 11.9 Å². The zero-order valence-corrected chi connectivity index (χ0v) is 23.7. The van der Waals surface area contributed by atoms with Gasteiger partial charge in [-0.3, -0.25) is 9.59 Å². The van der Waals surface area contributed by atoms with Crippen LogP contribution in [-0.2, 0) is 22.4 Å². The summed E-state index contributed by atoms with van der Waals surface area (Å²) in [4.78, 5) is 39.8. The minimum Gasteiger partial charge on any atom is -0.481 e. The lowest BCUT2D eigenvalue weighted by Gasteiger charge is -2.03. The summed E-state index contributed by atoms with van der Waals surface area (Å²) in [5.41, 5.74) is 12.7. The van der Waals surface area contributed by atoms with Crippen LogP contribution in [0.2, 0.25) is 0 Å². The van der Waals surface area contributed by atoms with Crippen LogP contribution in [0.4, 0.5) is 0 Å². The average Bonchev–Trinajstić information content (AvgIpc) is 3.61. The molecule has 0 atom stereocenters. The highest BCUT2D eigenvalue weighted by molar-refractivity contribution is 5.94. The number of rotatable bonds is 8. The molecule has 212 valence electrons. The van der Waals surface area contributed by atoms with Gasteiger partial charge in [0.1, 0.15) is 0 Å². The number of aliphatic hydroxyl groups is 1. The molecule has 2 aliphatic heterocycles. The molecule has 5 N–H and O–H groups in total. The van der Waals surface area contributed by atoms with Crippen molar-refractivity contribution < 1.29 is 24.9 Å². The Kier molecular flexibility index (Phi) is 7.64. The van der Waals surface area contributed by atoms with E-state index in [1.54, 1.807) is 0 Å². The number of aromatic nitrogens is 4. The molecule has 3 aromatic rings. The van der Waals surface area contributed by atoms with Crippen LogP contribution >= 0.6 is 0 Å². The standard InChI is InChI=1S/C32H34N4O5/c1-16-12-27-23(9-10-37)32-17(2)11-20(33-32)13-25-18(3)21(5-7-30(38)39)28(35-25)15-29-22(6-8-31(40)41)19(4)26(36-29)14-24(16)34-27/h11-15,34-35,37H,5-10H2,1-4H3,(H,38,39)(H,40,41). The van der Waals surface area contributed by atoms with E-state index in [0.717, 1.165) is 78.1 Å². The van der Waals surface area contributed by atoms with Gasteiger partial charge in [0.15, 0.2) is 0 Å². The van der Waals surface area contributed by atoms with Crippen LogP contribution in [0.15, 0.2) is 24.3 Å². The molecule has 8 bridgehead atoms. The molecule has 0 radical (unpaired) electrons. The van der Waals surface area contributed by atoms with Gasteiger partial charge < -0.3 is 25.3 Å². The van der Waals surface area contributed by atoms with Crippen molar-refractivity contribution in [3.05, 3.63) is 69.3 Å². The summed E-state index contributed by atoms with van der Waals surface area (Å²) in [6.07, 6.45) is 3.02. The van der Waals surface area contributed by atoms with E-state index in [1.165, 1.54) is 0 Å². The fraction of sp³-hybridized carbons (Fsp3) is 0.312. The number of nitrogens with zero attached hydrogens (tertiary/aromatic N) is 2. The number of aliphatic carboxylic acids is 2. The lowest BCUT2D eigenvalue weighted by molar-refractivity contribution is -0.137. The van der Waals surface area contributed by atoms with Crippen LogP contribution in [0, 0.1) is 13.8 Å². The second-order valence-corrected chi connectivity index (χ2v) is 10.7. The smallest absolute Gasteiger partial charge is 0.303 e. The first kappa shape index (κ1) is 28.0. The number of hydrogen-bond acceptors (Lipinski definition) is 5. The summed E-state index contributed by atoms with van der Waals surface area (Å²) in [7, 11) is 0. The monoisotopic (exact) mass is 554 g/mol. The Labute approximate surface area is 237 Å². The molecule has 2 aliphatic rings. The van der Waals surface area contributed by atoms with Crippen molar-refractivity contribution in [2.75, 3.05) is 6.61 Å². The topological polar surface area (TPSA) is 152 Å². The van der Waals surface area contributed by atoms with Crippen LogP contribution in [0.25, 0.3) is 44.9 Å². The molecule has 9 nitrogen and oxygen atoms in total. The van der Waals surface area contributed by atoms with Gasteiger partial charge in [0.05, 0.1) is 22.8 Å². The van der Waals surface area contributed by atoms with Crippen LogP contribution in [0.5, 0.6) is 0 Å². The van der Waals surface area contributed by atoms with Crippen molar-refractivity contribution in [1.29, 1.82) is 0 Å².